The van der Waals surface area contributed by atoms with Crippen molar-refractivity contribution < 1.29 is 9.53 Å². The number of anilines is 1. The van der Waals surface area contributed by atoms with Gasteiger partial charge in [-0.05, 0) is 43.2 Å². The van der Waals surface area contributed by atoms with E-state index in [0.717, 1.165) is 40.4 Å². The molecule has 0 aromatic carbocycles. The molecule has 3 aromatic rings. The van der Waals surface area contributed by atoms with Crippen LogP contribution < -0.4 is 5.32 Å². The van der Waals surface area contributed by atoms with Crippen molar-refractivity contribution in [3.05, 3.63) is 50.1 Å². The van der Waals surface area contributed by atoms with Crippen LogP contribution in [0.15, 0.2) is 29.1 Å². The first-order valence-corrected chi connectivity index (χ1v) is 11.5. The number of carbonyl (C=O) groups is 1. The predicted octanol–water partition coefficient (Wildman–Crippen LogP) is 5.58. The van der Waals surface area contributed by atoms with Crippen molar-refractivity contribution in [2.75, 3.05) is 11.9 Å². The van der Waals surface area contributed by atoms with Crippen molar-refractivity contribution in [3.8, 4) is 16.6 Å². The minimum absolute atomic E-state index is 0.300. The maximum atomic E-state index is 12.5. The number of ether oxygens (including phenoxy) is 1. The number of esters is 1. The van der Waals surface area contributed by atoms with E-state index in [4.69, 9.17) is 4.74 Å². The molecule has 0 aliphatic heterocycles. The number of nitriles is 1. The number of rotatable bonds is 6. The van der Waals surface area contributed by atoms with E-state index in [9.17, 15) is 10.1 Å². The standard InChI is InChI=1S/C20H17N3O2S3/c1-2-25-20(24)17-13-5-3-6-15(13)28-19(17)22-10-12(9-21)18-23-14(11-27-18)16-7-4-8-26-16/h4,7-8,10-11,22H,2-3,5-6H2,1H3/b12-10-. The van der Waals surface area contributed by atoms with Crippen molar-refractivity contribution in [2.45, 2.75) is 26.2 Å². The molecule has 1 aliphatic rings. The number of aromatic nitrogens is 1. The molecule has 28 heavy (non-hydrogen) atoms. The number of aryl methyl sites for hydroxylation is 1. The second-order valence-corrected chi connectivity index (χ2v) is 9.02. The zero-order chi connectivity index (χ0) is 19.5. The molecule has 1 aliphatic carbocycles. The Kier molecular flexibility index (Phi) is 5.57. The van der Waals surface area contributed by atoms with Gasteiger partial charge in [-0.1, -0.05) is 6.07 Å². The molecule has 3 aromatic heterocycles. The van der Waals surface area contributed by atoms with Crippen LogP contribution in [-0.4, -0.2) is 17.6 Å². The Hall–Kier alpha value is -2.47. The summed E-state index contributed by atoms with van der Waals surface area (Å²) in [7, 11) is 0. The van der Waals surface area contributed by atoms with E-state index in [1.807, 2.05) is 22.9 Å². The van der Waals surface area contributed by atoms with Gasteiger partial charge in [-0.25, -0.2) is 9.78 Å². The van der Waals surface area contributed by atoms with Gasteiger partial charge in [0.05, 0.1) is 22.7 Å². The summed E-state index contributed by atoms with van der Waals surface area (Å²) in [5.74, 6) is -0.300. The van der Waals surface area contributed by atoms with E-state index in [0.29, 0.717) is 22.8 Å². The number of hydrogen-bond donors (Lipinski definition) is 1. The number of thiazole rings is 1. The third kappa shape index (κ3) is 3.61. The van der Waals surface area contributed by atoms with Crippen LogP contribution in [0.2, 0.25) is 0 Å². The van der Waals surface area contributed by atoms with Gasteiger partial charge in [-0.15, -0.1) is 34.0 Å². The third-order valence-corrected chi connectivity index (χ3v) is 7.37. The smallest absolute Gasteiger partial charge is 0.341 e. The highest BCUT2D eigenvalue weighted by Crippen LogP contribution is 2.40. The largest absolute Gasteiger partial charge is 0.462 e. The SMILES string of the molecule is CCOC(=O)c1c(N/C=C(/C#N)c2nc(-c3cccs3)cs2)sc2c1CCC2. The number of allylic oxidation sites excluding steroid dienone is 1. The average molecular weight is 428 g/mol. The van der Waals surface area contributed by atoms with E-state index in [1.54, 1.807) is 35.8 Å². The fourth-order valence-corrected chi connectivity index (χ4v) is 5.93. The minimum Gasteiger partial charge on any atom is -0.462 e. The van der Waals surface area contributed by atoms with E-state index in [1.165, 1.54) is 16.2 Å². The highest BCUT2D eigenvalue weighted by atomic mass is 32.1. The molecule has 0 saturated carbocycles. The predicted molar refractivity (Wildman–Crippen MR) is 115 cm³/mol. The first kappa shape index (κ1) is 18.9. The van der Waals surface area contributed by atoms with Gasteiger partial charge in [0.15, 0.2) is 0 Å². The molecule has 0 fully saturated rings. The minimum atomic E-state index is -0.300. The number of carbonyl (C=O) groups excluding carboxylic acids is 1. The maximum absolute atomic E-state index is 12.5. The summed E-state index contributed by atoms with van der Waals surface area (Å²) in [5.41, 5.74) is 3.02. The van der Waals surface area contributed by atoms with Crippen molar-refractivity contribution in [2.24, 2.45) is 0 Å². The Morgan fingerprint density at radius 2 is 2.32 bits per heavy atom. The summed E-state index contributed by atoms with van der Waals surface area (Å²) in [5, 5.41) is 18.1. The second-order valence-electron chi connectivity index (χ2n) is 6.11. The van der Waals surface area contributed by atoms with Gasteiger partial charge < -0.3 is 10.1 Å². The lowest BCUT2D eigenvalue weighted by Gasteiger charge is -2.06. The van der Waals surface area contributed by atoms with Crippen LogP contribution in [0.25, 0.3) is 16.1 Å². The number of fused-ring (bicyclic) bond motifs is 1. The molecule has 0 unspecified atom stereocenters. The van der Waals surface area contributed by atoms with Crippen molar-refractivity contribution in [1.82, 2.24) is 4.98 Å². The molecule has 0 atom stereocenters. The van der Waals surface area contributed by atoms with Gasteiger partial charge in [-0.2, -0.15) is 5.26 Å². The van der Waals surface area contributed by atoms with Crippen LogP contribution in [0.1, 0.15) is 39.2 Å². The molecule has 8 heteroatoms. The lowest BCUT2D eigenvalue weighted by molar-refractivity contribution is 0.0527. The van der Waals surface area contributed by atoms with Crippen LogP contribution in [0.4, 0.5) is 5.00 Å². The first-order chi connectivity index (χ1) is 13.7. The zero-order valence-corrected chi connectivity index (χ0v) is 17.6. The number of nitrogens with one attached hydrogen (secondary N) is 1. The monoisotopic (exact) mass is 427 g/mol. The summed E-state index contributed by atoms with van der Waals surface area (Å²) in [6.07, 6.45) is 4.59. The fourth-order valence-electron chi connectivity index (χ4n) is 3.14. The average Bonchev–Trinajstić information content (AvgIpc) is 3.45. The Bertz CT molecular complexity index is 1070. The van der Waals surface area contributed by atoms with Gasteiger partial charge in [-0.3, -0.25) is 0 Å². The molecule has 0 bridgehead atoms. The Morgan fingerprint density at radius 3 is 3.07 bits per heavy atom. The number of hydrogen-bond acceptors (Lipinski definition) is 8. The summed E-state index contributed by atoms with van der Waals surface area (Å²) < 4.78 is 5.25. The van der Waals surface area contributed by atoms with E-state index in [2.05, 4.69) is 16.4 Å². The van der Waals surface area contributed by atoms with Crippen LogP contribution in [0.5, 0.6) is 0 Å². The molecule has 1 N–H and O–H groups in total. The Morgan fingerprint density at radius 1 is 1.43 bits per heavy atom. The quantitative estimate of drug-likeness (QED) is 0.411. The lowest BCUT2D eigenvalue weighted by atomic mass is 10.1. The van der Waals surface area contributed by atoms with E-state index >= 15 is 0 Å². The van der Waals surface area contributed by atoms with Crippen LogP contribution in [0.3, 0.4) is 0 Å². The molecule has 5 nitrogen and oxygen atoms in total. The van der Waals surface area contributed by atoms with Crippen molar-refractivity contribution in [1.29, 1.82) is 5.26 Å². The first-order valence-electron chi connectivity index (χ1n) is 8.89. The van der Waals surface area contributed by atoms with E-state index < -0.39 is 0 Å². The normalized spacial score (nSPS) is 13.2. The van der Waals surface area contributed by atoms with Gasteiger partial charge >= 0.3 is 5.97 Å². The molecule has 0 amide bonds. The Labute approximate surface area is 174 Å². The molecule has 0 radical (unpaired) electrons. The number of thiophene rings is 2. The highest BCUT2D eigenvalue weighted by molar-refractivity contribution is 7.17. The van der Waals surface area contributed by atoms with Gasteiger partial charge in [0, 0.05) is 16.5 Å². The van der Waals surface area contributed by atoms with Gasteiger partial charge in [0.1, 0.15) is 21.7 Å². The van der Waals surface area contributed by atoms with Crippen molar-refractivity contribution >= 4 is 50.6 Å². The molecule has 0 spiro atoms. The Balaban J connectivity index is 1.61. The van der Waals surface area contributed by atoms with Gasteiger partial charge in [0.25, 0.3) is 0 Å². The third-order valence-electron chi connectivity index (χ3n) is 4.38. The summed E-state index contributed by atoms with van der Waals surface area (Å²) in [6.45, 7) is 2.14. The van der Waals surface area contributed by atoms with Crippen molar-refractivity contribution in [3.63, 3.8) is 0 Å². The maximum Gasteiger partial charge on any atom is 0.341 e. The molecule has 3 heterocycles. The topological polar surface area (TPSA) is 75.0 Å². The summed E-state index contributed by atoms with van der Waals surface area (Å²) in [4.78, 5) is 19.3. The van der Waals surface area contributed by atoms with Crippen LogP contribution in [-0.2, 0) is 17.6 Å². The second kappa shape index (κ2) is 8.27. The molecule has 0 saturated heterocycles. The highest BCUT2D eigenvalue weighted by Gasteiger charge is 2.27. The summed E-state index contributed by atoms with van der Waals surface area (Å²) in [6, 6.07) is 6.20. The van der Waals surface area contributed by atoms with Crippen LogP contribution >= 0.6 is 34.0 Å². The van der Waals surface area contributed by atoms with E-state index in [-0.39, 0.29) is 5.97 Å². The molecule has 4 rings (SSSR count). The molecule has 142 valence electrons. The summed E-state index contributed by atoms with van der Waals surface area (Å²) >= 11 is 4.63. The molecular weight excluding hydrogens is 410 g/mol. The van der Waals surface area contributed by atoms with Crippen LogP contribution in [0, 0.1) is 11.3 Å². The van der Waals surface area contributed by atoms with Gasteiger partial charge in [0.2, 0.25) is 0 Å². The number of nitrogens with zero attached hydrogens (tertiary/aromatic N) is 2. The molecular formula is C20H17N3O2S3. The zero-order valence-electron chi connectivity index (χ0n) is 15.2. The lowest BCUT2D eigenvalue weighted by Crippen LogP contribution is -2.08. The fraction of sp³-hybridized carbons (Fsp3) is 0.250.